The van der Waals surface area contributed by atoms with E-state index in [0.29, 0.717) is 5.82 Å². The standard InChI is InChI=1S/C9H13N3/c1-6-4-8(10)12-9(11-6)5-7-2-3-7/h4,7H,2-3,5H2,1H3,(H2,10,11,12). The van der Waals surface area contributed by atoms with E-state index >= 15 is 0 Å². The van der Waals surface area contributed by atoms with Crippen molar-refractivity contribution in [3.63, 3.8) is 0 Å². The lowest BCUT2D eigenvalue weighted by atomic mass is 10.2. The Kier molecular flexibility index (Phi) is 1.71. The Hall–Kier alpha value is -1.12. The largest absolute Gasteiger partial charge is 0.384 e. The van der Waals surface area contributed by atoms with Crippen LogP contribution in [0.1, 0.15) is 24.4 Å². The van der Waals surface area contributed by atoms with Crippen LogP contribution in [0.3, 0.4) is 0 Å². The maximum absolute atomic E-state index is 5.60. The molecule has 0 aromatic carbocycles. The van der Waals surface area contributed by atoms with Gasteiger partial charge in [0.1, 0.15) is 11.6 Å². The molecule has 64 valence electrons. The van der Waals surface area contributed by atoms with Crippen LogP contribution < -0.4 is 5.73 Å². The quantitative estimate of drug-likeness (QED) is 0.715. The van der Waals surface area contributed by atoms with E-state index in [4.69, 9.17) is 5.73 Å². The van der Waals surface area contributed by atoms with Crippen LogP contribution in [-0.4, -0.2) is 9.97 Å². The minimum Gasteiger partial charge on any atom is -0.384 e. The molecule has 0 saturated heterocycles. The average molecular weight is 163 g/mol. The maximum Gasteiger partial charge on any atom is 0.131 e. The second kappa shape index (κ2) is 2.73. The average Bonchev–Trinajstić information content (AvgIpc) is 2.68. The highest BCUT2D eigenvalue weighted by Crippen LogP contribution is 2.31. The summed E-state index contributed by atoms with van der Waals surface area (Å²) in [5, 5.41) is 0. The highest BCUT2D eigenvalue weighted by Gasteiger charge is 2.22. The summed E-state index contributed by atoms with van der Waals surface area (Å²) in [6, 6.07) is 1.80. The van der Waals surface area contributed by atoms with Gasteiger partial charge in [-0.3, -0.25) is 0 Å². The Morgan fingerprint density at radius 2 is 2.25 bits per heavy atom. The fourth-order valence-electron chi connectivity index (χ4n) is 1.33. The predicted octanol–water partition coefficient (Wildman–Crippen LogP) is 1.32. The van der Waals surface area contributed by atoms with Gasteiger partial charge in [-0.1, -0.05) is 0 Å². The van der Waals surface area contributed by atoms with Gasteiger partial charge in [-0.2, -0.15) is 0 Å². The summed E-state index contributed by atoms with van der Waals surface area (Å²) in [6.07, 6.45) is 3.67. The third-order valence-corrected chi connectivity index (χ3v) is 2.09. The molecular weight excluding hydrogens is 150 g/mol. The minimum absolute atomic E-state index is 0.596. The minimum atomic E-state index is 0.596. The van der Waals surface area contributed by atoms with E-state index in [1.165, 1.54) is 12.8 Å². The molecule has 0 unspecified atom stereocenters. The zero-order valence-electron chi connectivity index (χ0n) is 7.25. The number of rotatable bonds is 2. The lowest BCUT2D eigenvalue weighted by Gasteiger charge is -2.00. The summed E-state index contributed by atoms with van der Waals surface area (Å²) < 4.78 is 0. The van der Waals surface area contributed by atoms with Gasteiger partial charge in [0.15, 0.2) is 0 Å². The number of hydrogen-bond acceptors (Lipinski definition) is 3. The Morgan fingerprint density at radius 3 is 2.83 bits per heavy atom. The molecule has 0 amide bonds. The van der Waals surface area contributed by atoms with Crippen molar-refractivity contribution in [2.24, 2.45) is 5.92 Å². The van der Waals surface area contributed by atoms with Crippen molar-refractivity contribution in [3.05, 3.63) is 17.6 Å². The molecule has 1 aliphatic rings. The smallest absolute Gasteiger partial charge is 0.131 e. The molecule has 0 bridgehead atoms. The van der Waals surface area contributed by atoms with Crippen LogP contribution in [0.4, 0.5) is 5.82 Å². The molecule has 0 atom stereocenters. The van der Waals surface area contributed by atoms with Gasteiger partial charge in [-0.05, 0) is 25.7 Å². The number of nitrogens with two attached hydrogens (primary N) is 1. The molecule has 1 aliphatic carbocycles. The van der Waals surface area contributed by atoms with Crippen LogP contribution in [0.5, 0.6) is 0 Å². The molecule has 1 fully saturated rings. The van der Waals surface area contributed by atoms with Crippen molar-refractivity contribution in [1.29, 1.82) is 0 Å². The van der Waals surface area contributed by atoms with Gasteiger partial charge in [0.05, 0.1) is 0 Å². The third kappa shape index (κ3) is 1.72. The van der Waals surface area contributed by atoms with E-state index in [2.05, 4.69) is 9.97 Å². The molecular formula is C9H13N3. The second-order valence-electron chi connectivity index (χ2n) is 3.50. The van der Waals surface area contributed by atoms with Gasteiger partial charge < -0.3 is 5.73 Å². The lowest BCUT2D eigenvalue weighted by Crippen LogP contribution is -2.01. The van der Waals surface area contributed by atoms with Gasteiger partial charge >= 0.3 is 0 Å². The van der Waals surface area contributed by atoms with Gasteiger partial charge in [0.25, 0.3) is 0 Å². The first-order valence-corrected chi connectivity index (χ1v) is 4.34. The number of nitrogen functional groups attached to an aromatic ring is 1. The van der Waals surface area contributed by atoms with Crippen molar-refractivity contribution in [2.45, 2.75) is 26.2 Å². The third-order valence-electron chi connectivity index (χ3n) is 2.09. The van der Waals surface area contributed by atoms with Crippen molar-refractivity contribution < 1.29 is 0 Å². The summed E-state index contributed by atoms with van der Waals surface area (Å²) in [4.78, 5) is 8.50. The zero-order chi connectivity index (χ0) is 8.55. The summed E-state index contributed by atoms with van der Waals surface area (Å²) in [7, 11) is 0. The number of aryl methyl sites for hydroxylation is 1. The van der Waals surface area contributed by atoms with Gasteiger partial charge in [0, 0.05) is 18.2 Å². The van der Waals surface area contributed by atoms with Crippen LogP contribution in [0, 0.1) is 12.8 Å². The molecule has 0 aliphatic heterocycles. The van der Waals surface area contributed by atoms with E-state index in [9.17, 15) is 0 Å². The molecule has 3 nitrogen and oxygen atoms in total. The zero-order valence-corrected chi connectivity index (χ0v) is 7.25. The Balaban J connectivity index is 2.18. The van der Waals surface area contributed by atoms with Crippen LogP contribution in [0.25, 0.3) is 0 Å². The van der Waals surface area contributed by atoms with E-state index in [-0.39, 0.29) is 0 Å². The van der Waals surface area contributed by atoms with Crippen molar-refractivity contribution >= 4 is 5.82 Å². The fraction of sp³-hybridized carbons (Fsp3) is 0.556. The Bertz CT molecular complexity index is 272. The number of nitrogens with zero attached hydrogens (tertiary/aromatic N) is 2. The number of hydrogen-bond donors (Lipinski definition) is 1. The van der Waals surface area contributed by atoms with Crippen molar-refractivity contribution in [3.8, 4) is 0 Å². The van der Waals surface area contributed by atoms with Crippen LogP contribution in [-0.2, 0) is 6.42 Å². The molecule has 1 saturated carbocycles. The topological polar surface area (TPSA) is 51.8 Å². The SMILES string of the molecule is Cc1cc(N)nc(CC2CC2)n1. The molecule has 2 rings (SSSR count). The highest BCUT2D eigenvalue weighted by atomic mass is 14.9. The first-order valence-electron chi connectivity index (χ1n) is 4.34. The van der Waals surface area contributed by atoms with Crippen molar-refractivity contribution in [1.82, 2.24) is 9.97 Å². The van der Waals surface area contributed by atoms with E-state index < -0.39 is 0 Å². The summed E-state index contributed by atoms with van der Waals surface area (Å²) in [6.45, 7) is 1.95. The second-order valence-corrected chi connectivity index (χ2v) is 3.50. The normalized spacial score (nSPS) is 16.4. The molecule has 0 spiro atoms. The maximum atomic E-state index is 5.60. The highest BCUT2D eigenvalue weighted by molar-refractivity contribution is 5.29. The van der Waals surface area contributed by atoms with Crippen molar-refractivity contribution in [2.75, 3.05) is 5.73 Å². The van der Waals surface area contributed by atoms with E-state index in [0.717, 1.165) is 23.9 Å². The number of aromatic nitrogens is 2. The molecule has 12 heavy (non-hydrogen) atoms. The molecule has 0 radical (unpaired) electrons. The first-order chi connectivity index (χ1) is 5.74. The van der Waals surface area contributed by atoms with Gasteiger partial charge in [-0.25, -0.2) is 9.97 Å². The molecule has 3 heteroatoms. The predicted molar refractivity (Wildman–Crippen MR) is 47.6 cm³/mol. The number of anilines is 1. The fourth-order valence-corrected chi connectivity index (χ4v) is 1.33. The summed E-state index contributed by atoms with van der Waals surface area (Å²) in [5.74, 6) is 2.33. The van der Waals surface area contributed by atoms with E-state index in [1.54, 1.807) is 6.07 Å². The van der Waals surface area contributed by atoms with Crippen LogP contribution in [0.2, 0.25) is 0 Å². The Labute approximate surface area is 72.0 Å². The van der Waals surface area contributed by atoms with E-state index in [1.807, 2.05) is 6.92 Å². The first kappa shape index (κ1) is 7.53. The summed E-state index contributed by atoms with van der Waals surface area (Å²) >= 11 is 0. The monoisotopic (exact) mass is 163 g/mol. The molecule has 2 N–H and O–H groups in total. The summed E-state index contributed by atoms with van der Waals surface area (Å²) in [5.41, 5.74) is 6.57. The van der Waals surface area contributed by atoms with Gasteiger partial charge in [0.2, 0.25) is 0 Å². The van der Waals surface area contributed by atoms with Crippen LogP contribution in [0.15, 0.2) is 6.07 Å². The molecule has 1 aromatic heterocycles. The molecule has 1 aromatic rings. The molecule has 1 heterocycles. The van der Waals surface area contributed by atoms with Crippen LogP contribution >= 0.6 is 0 Å². The Morgan fingerprint density at radius 1 is 1.50 bits per heavy atom. The van der Waals surface area contributed by atoms with Gasteiger partial charge in [-0.15, -0.1) is 0 Å². The lowest BCUT2D eigenvalue weighted by molar-refractivity contribution is 0.766.